The zero-order valence-corrected chi connectivity index (χ0v) is 7.42. The summed E-state index contributed by atoms with van der Waals surface area (Å²) in [5, 5.41) is 19.1. The number of carbonyl (C=O) groups is 1. The minimum absolute atomic E-state index is 0.154. The molecule has 0 aromatic carbocycles. The third-order valence-electron chi connectivity index (χ3n) is 1.77. The van der Waals surface area contributed by atoms with Crippen LogP contribution in [0.3, 0.4) is 0 Å². The smallest absolute Gasteiger partial charge is 0.303 e. The molecule has 0 saturated carbocycles. The lowest BCUT2D eigenvalue weighted by Gasteiger charge is -2.06. The molecule has 0 saturated heterocycles. The molecule has 6 heteroatoms. The summed E-state index contributed by atoms with van der Waals surface area (Å²) in [7, 11) is 0. The van der Waals surface area contributed by atoms with Crippen molar-refractivity contribution in [3.05, 3.63) is 6.33 Å². The standard InChI is InChI=1S/C7H12N4O2/c1-6(4-7(12)13)2-3-11-5-8-9-10-11/h5-6H,2-4H2,1H3,(H,12,13). The van der Waals surface area contributed by atoms with Crippen LogP contribution in [0.25, 0.3) is 0 Å². The molecule has 0 aliphatic heterocycles. The lowest BCUT2D eigenvalue weighted by Crippen LogP contribution is -2.08. The number of aryl methyl sites for hydroxylation is 1. The molecule has 1 aromatic heterocycles. The maximum Gasteiger partial charge on any atom is 0.303 e. The van der Waals surface area contributed by atoms with Crippen molar-refractivity contribution in [3.63, 3.8) is 0 Å². The second-order valence-electron chi connectivity index (χ2n) is 3.06. The van der Waals surface area contributed by atoms with Crippen LogP contribution in [-0.4, -0.2) is 31.3 Å². The Morgan fingerprint density at radius 2 is 2.46 bits per heavy atom. The molecule has 1 aromatic rings. The van der Waals surface area contributed by atoms with Gasteiger partial charge in [0.15, 0.2) is 0 Å². The van der Waals surface area contributed by atoms with Crippen molar-refractivity contribution in [2.24, 2.45) is 5.92 Å². The lowest BCUT2D eigenvalue weighted by atomic mass is 10.0. The third kappa shape index (κ3) is 3.64. The summed E-state index contributed by atoms with van der Waals surface area (Å²) in [5.74, 6) is -0.606. The molecule has 1 atom stereocenters. The van der Waals surface area contributed by atoms with E-state index in [9.17, 15) is 4.79 Å². The first-order chi connectivity index (χ1) is 6.18. The summed E-state index contributed by atoms with van der Waals surface area (Å²) >= 11 is 0. The molecule has 1 unspecified atom stereocenters. The number of carboxylic acids is 1. The molecule has 1 N–H and O–H groups in total. The molecule has 0 aliphatic rings. The van der Waals surface area contributed by atoms with Gasteiger partial charge in [-0.25, -0.2) is 4.68 Å². The van der Waals surface area contributed by atoms with Gasteiger partial charge in [0.2, 0.25) is 0 Å². The van der Waals surface area contributed by atoms with E-state index in [0.717, 1.165) is 6.42 Å². The van der Waals surface area contributed by atoms with Crippen LogP contribution in [0.15, 0.2) is 6.33 Å². The van der Waals surface area contributed by atoms with Gasteiger partial charge in [-0.1, -0.05) is 6.92 Å². The zero-order chi connectivity index (χ0) is 9.68. The monoisotopic (exact) mass is 184 g/mol. The van der Waals surface area contributed by atoms with E-state index in [1.807, 2.05) is 6.92 Å². The van der Waals surface area contributed by atoms with E-state index in [0.29, 0.717) is 6.54 Å². The number of carboxylic acid groups (broad SMARTS) is 1. The maximum atomic E-state index is 10.3. The Hall–Kier alpha value is -1.46. The van der Waals surface area contributed by atoms with Gasteiger partial charge in [-0.2, -0.15) is 0 Å². The highest BCUT2D eigenvalue weighted by Gasteiger charge is 2.07. The third-order valence-corrected chi connectivity index (χ3v) is 1.77. The van der Waals surface area contributed by atoms with Gasteiger partial charge in [-0.05, 0) is 22.8 Å². The topological polar surface area (TPSA) is 80.9 Å². The molecular weight excluding hydrogens is 172 g/mol. The van der Waals surface area contributed by atoms with Crippen LogP contribution in [0.5, 0.6) is 0 Å². The SMILES string of the molecule is CC(CCn1cnnn1)CC(=O)O. The number of hydrogen-bond donors (Lipinski definition) is 1. The van der Waals surface area contributed by atoms with Gasteiger partial charge in [-0.3, -0.25) is 4.79 Å². The Morgan fingerprint density at radius 1 is 1.69 bits per heavy atom. The molecule has 0 amide bonds. The first-order valence-electron chi connectivity index (χ1n) is 4.11. The molecule has 0 bridgehead atoms. The Morgan fingerprint density at radius 3 is 3.00 bits per heavy atom. The maximum absolute atomic E-state index is 10.3. The van der Waals surface area contributed by atoms with Crippen LogP contribution in [0.2, 0.25) is 0 Å². The predicted molar refractivity (Wildman–Crippen MR) is 43.9 cm³/mol. The van der Waals surface area contributed by atoms with Crippen molar-refractivity contribution >= 4 is 5.97 Å². The average molecular weight is 184 g/mol. The van der Waals surface area contributed by atoms with Gasteiger partial charge in [0.25, 0.3) is 0 Å². The van der Waals surface area contributed by atoms with E-state index in [1.165, 1.54) is 6.33 Å². The van der Waals surface area contributed by atoms with Gasteiger partial charge in [-0.15, -0.1) is 5.10 Å². The highest BCUT2D eigenvalue weighted by Crippen LogP contribution is 2.07. The summed E-state index contributed by atoms with van der Waals surface area (Å²) in [6.07, 6.45) is 2.49. The van der Waals surface area contributed by atoms with Crippen molar-refractivity contribution < 1.29 is 9.90 Å². The van der Waals surface area contributed by atoms with E-state index in [2.05, 4.69) is 15.5 Å². The first kappa shape index (κ1) is 9.63. The molecule has 13 heavy (non-hydrogen) atoms. The predicted octanol–water partition coefficient (Wildman–Crippen LogP) is 0.174. The van der Waals surface area contributed by atoms with Gasteiger partial charge >= 0.3 is 5.97 Å². The van der Waals surface area contributed by atoms with Gasteiger partial charge < -0.3 is 5.11 Å². The zero-order valence-electron chi connectivity index (χ0n) is 7.42. The van der Waals surface area contributed by atoms with Crippen LogP contribution in [0.1, 0.15) is 19.8 Å². The molecule has 0 spiro atoms. The number of aliphatic carboxylic acids is 1. The molecule has 0 fully saturated rings. The van der Waals surface area contributed by atoms with E-state index in [1.54, 1.807) is 4.68 Å². The molecule has 72 valence electrons. The normalized spacial score (nSPS) is 12.7. The van der Waals surface area contributed by atoms with Crippen LogP contribution in [0.4, 0.5) is 0 Å². The van der Waals surface area contributed by atoms with Crippen molar-refractivity contribution in [1.29, 1.82) is 0 Å². The number of hydrogen-bond acceptors (Lipinski definition) is 4. The number of tetrazole rings is 1. The van der Waals surface area contributed by atoms with Crippen molar-refractivity contribution in [3.8, 4) is 0 Å². The number of aromatic nitrogens is 4. The van der Waals surface area contributed by atoms with Crippen LogP contribution >= 0.6 is 0 Å². The molecule has 0 aliphatic carbocycles. The summed E-state index contributed by atoms with van der Waals surface area (Å²) in [6.45, 7) is 2.57. The molecule has 0 radical (unpaired) electrons. The largest absolute Gasteiger partial charge is 0.481 e. The highest BCUT2D eigenvalue weighted by atomic mass is 16.4. The van der Waals surface area contributed by atoms with Crippen LogP contribution < -0.4 is 0 Å². The Kier molecular flexibility index (Phi) is 3.36. The summed E-state index contributed by atoms with van der Waals surface area (Å²) in [5.41, 5.74) is 0. The highest BCUT2D eigenvalue weighted by molar-refractivity contribution is 5.66. The molecule has 6 nitrogen and oxygen atoms in total. The fourth-order valence-electron chi connectivity index (χ4n) is 1.04. The minimum atomic E-state index is -0.760. The van der Waals surface area contributed by atoms with E-state index >= 15 is 0 Å². The summed E-state index contributed by atoms with van der Waals surface area (Å²) in [4.78, 5) is 10.3. The fourth-order valence-corrected chi connectivity index (χ4v) is 1.04. The quantitative estimate of drug-likeness (QED) is 0.705. The second-order valence-corrected chi connectivity index (χ2v) is 3.06. The van der Waals surface area contributed by atoms with Gasteiger partial charge in [0.05, 0.1) is 0 Å². The Balaban J connectivity index is 2.22. The average Bonchev–Trinajstić information content (AvgIpc) is 2.51. The molecular formula is C7H12N4O2. The van der Waals surface area contributed by atoms with Crippen LogP contribution in [-0.2, 0) is 11.3 Å². The van der Waals surface area contributed by atoms with Gasteiger partial charge in [0, 0.05) is 13.0 Å². The number of nitrogens with zero attached hydrogens (tertiary/aromatic N) is 4. The van der Waals surface area contributed by atoms with Crippen molar-refractivity contribution in [2.75, 3.05) is 0 Å². The Labute approximate surface area is 75.6 Å². The molecule has 1 heterocycles. The Bertz CT molecular complexity index is 259. The summed E-state index contributed by atoms with van der Waals surface area (Å²) < 4.78 is 1.60. The summed E-state index contributed by atoms with van der Waals surface area (Å²) in [6, 6.07) is 0. The van der Waals surface area contributed by atoms with E-state index < -0.39 is 5.97 Å². The van der Waals surface area contributed by atoms with Crippen molar-refractivity contribution in [1.82, 2.24) is 20.2 Å². The van der Waals surface area contributed by atoms with Gasteiger partial charge in [0.1, 0.15) is 6.33 Å². The molecule has 1 rings (SSSR count). The number of rotatable bonds is 5. The van der Waals surface area contributed by atoms with E-state index in [-0.39, 0.29) is 12.3 Å². The minimum Gasteiger partial charge on any atom is -0.481 e. The van der Waals surface area contributed by atoms with Crippen LogP contribution in [0, 0.1) is 5.92 Å². The second kappa shape index (κ2) is 4.54. The first-order valence-corrected chi connectivity index (χ1v) is 4.11. The lowest BCUT2D eigenvalue weighted by molar-refractivity contribution is -0.138. The van der Waals surface area contributed by atoms with Crippen molar-refractivity contribution in [2.45, 2.75) is 26.3 Å². The van der Waals surface area contributed by atoms with E-state index in [4.69, 9.17) is 5.11 Å². The fraction of sp³-hybridized carbons (Fsp3) is 0.714.